The largest absolute Gasteiger partial charge is 0.548 e. The highest BCUT2D eigenvalue weighted by Crippen LogP contribution is 2.36. The van der Waals surface area contributed by atoms with Gasteiger partial charge in [0.05, 0.1) is 16.9 Å². The second-order valence-electron chi connectivity index (χ2n) is 4.84. The predicted molar refractivity (Wildman–Crippen MR) is 89.7 cm³/mol. The summed E-state index contributed by atoms with van der Waals surface area (Å²) in [6.45, 7) is 3.61. The van der Waals surface area contributed by atoms with E-state index in [-0.39, 0.29) is 10.2 Å². The van der Waals surface area contributed by atoms with E-state index < -0.39 is 17.9 Å². The smallest absolute Gasteiger partial charge is 0.266 e. The van der Waals surface area contributed by atoms with Crippen LogP contribution in [-0.2, 0) is 9.59 Å². The molecule has 2 atom stereocenters. The molecule has 118 valence electrons. The van der Waals surface area contributed by atoms with Gasteiger partial charge in [0, 0.05) is 6.08 Å². The third kappa shape index (κ3) is 3.44. The Bertz CT molecular complexity index is 655. The Kier molecular flexibility index (Phi) is 5.46. The van der Waals surface area contributed by atoms with E-state index in [4.69, 9.17) is 16.6 Å². The quantitative estimate of drug-likeness (QED) is 0.555. The molecule has 1 aromatic heterocycles. The van der Waals surface area contributed by atoms with E-state index in [0.717, 1.165) is 16.7 Å². The first-order chi connectivity index (χ1) is 10.3. The average Bonchev–Trinajstić information content (AvgIpc) is 2.97. The van der Waals surface area contributed by atoms with Crippen molar-refractivity contribution in [3.8, 4) is 0 Å². The van der Waals surface area contributed by atoms with Crippen molar-refractivity contribution in [2.75, 3.05) is 0 Å². The molecule has 0 spiro atoms. The molecule has 1 aromatic rings. The van der Waals surface area contributed by atoms with Crippen LogP contribution in [0.1, 0.15) is 26.0 Å². The van der Waals surface area contributed by atoms with Crippen molar-refractivity contribution in [1.82, 2.24) is 4.90 Å². The van der Waals surface area contributed by atoms with Crippen molar-refractivity contribution < 1.29 is 19.1 Å². The summed E-state index contributed by atoms with van der Waals surface area (Å²) in [5, 5.41) is 11.4. The fourth-order valence-electron chi connectivity index (χ4n) is 2.07. The zero-order chi connectivity index (χ0) is 16.4. The van der Waals surface area contributed by atoms with Gasteiger partial charge in [0.2, 0.25) is 0 Å². The fraction of sp³-hybridized carbons (Fsp3) is 0.357. The maximum Gasteiger partial charge on any atom is 0.266 e. The number of furan rings is 1. The number of hydrogen-bond acceptors (Lipinski definition) is 6. The highest BCUT2D eigenvalue weighted by Gasteiger charge is 2.39. The van der Waals surface area contributed by atoms with Gasteiger partial charge in [-0.1, -0.05) is 44.2 Å². The van der Waals surface area contributed by atoms with Gasteiger partial charge in [-0.05, 0) is 34.0 Å². The number of nitrogens with zero attached hydrogens (tertiary/aromatic N) is 1. The normalized spacial score (nSPS) is 19.8. The summed E-state index contributed by atoms with van der Waals surface area (Å²) in [4.78, 5) is 25.4. The van der Waals surface area contributed by atoms with E-state index in [9.17, 15) is 14.7 Å². The van der Waals surface area contributed by atoms with Gasteiger partial charge in [0.1, 0.15) is 10.1 Å². The Morgan fingerprint density at radius 2 is 2.27 bits per heavy atom. The van der Waals surface area contributed by atoms with Gasteiger partial charge in [-0.3, -0.25) is 9.69 Å². The van der Waals surface area contributed by atoms with Crippen LogP contribution in [0, 0.1) is 5.92 Å². The lowest BCUT2D eigenvalue weighted by molar-refractivity contribution is -0.311. The van der Waals surface area contributed by atoms with Crippen LogP contribution in [0.5, 0.6) is 0 Å². The second kappa shape index (κ2) is 6.97. The monoisotopic (exact) mass is 402 g/mol. The van der Waals surface area contributed by atoms with Crippen molar-refractivity contribution in [2.45, 2.75) is 26.3 Å². The minimum absolute atomic E-state index is 0.219. The molecule has 0 unspecified atom stereocenters. The zero-order valence-corrected chi connectivity index (χ0v) is 15.1. The molecule has 0 bridgehead atoms. The van der Waals surface area contributed by atoms with Crippen molar-refractivity contribution in [3.05, 3.63) is 27.5 Å². The van der Waals surface area contributed by atoms with E-state index in [2.05, 4.69) is 15.9 Å². The third-order valence-corrected chi connectivity index (χ3v) is 5.15. The Morgan fingerprint density at radius 1 is 1.59 bits per heavy atom. The highest BCUT2D eigenvalue weighted by molar-refractivity contribution is 9.10. The zero-order valence-electron chi connectivity index (χ0n) is 11.9. The lowest BCUT2D eigenvalue weighted by atomic mass is 9.98. The SMILES string of the molecule is CC[C@@H](C)[C@@H](C(=O)[O-])N1C(=O)/C(=C\c2ccc(Br)o2)SC1=S. The molecule has 0 N–H and O–H groups in total. The van der Waals surface area contributed by atoms with Crippen molar-refractivity contribution in [2.24, 2.45) is 5.92 Å². The molecular weight excluding hydrogens is 390 g/mol. The molecule has 8 heteroatoms. The third-order valence-electron chi connectivity index (χ3n) is 3.39. The van der Waals surface area contributed by atoms with E-state index >= 15 is 0 Å². The van der Waals surface area contributed by atoms with Crippen molar-refractivity contribution in [3.63, 3.8) is 0 Å². The van der Waals surface area contributed by atoms with Gasteiger partial charge < -0.3 is 14.3 Å². The highest BCUT2D eigenvalue weighted by atomic mass is 79.9. The van der Waals surface area contributed by atoms with E-state index in [0.29, 0.717) is 21.8 Å². The molecule has 2 heterocycles. The molecular formula is C14H13BrNO4S2-. The molecule has 0 aliphatic carbocycles. The van der Waals surface area contributed by atoms with Gasteiger partial charge in [-0.2, -0.15) is 0 Å². The van der Waals surface area contributed by atoms with Crippen molar-refractivity contribution >= 4 is 62.2 Å². The molecule has 1 saturated heterocycles. The number of hydrogen-bond donors (Lipinski definition) is 0. The molecule has 1 aliphatic heterocycles. The first-order valence-electron chi connectivity index (χ1n) is 6.58. The number of carboxylic acid groups (broad SMARTS) is 1. The number of thiocarbonyl (C=S) groups is 1. The Labute approximate surface area is 145 Å². The number of rotatable bonds is 5. The van der Waals surface area contributed by atoms with E-state index in [1.165, 1.54) is 0 Å². The number of aliphatic carboxylic acids is 1. The van der Waals surface area contributed by atoms with E-state index in [1.54, 1.807) is 25.1 Å². The number of thioether (sulfide) groups is 1. The molecule has 0 radical (unpaired) electrons. The van der Waals surface area contributed by atoms with Gasteiger partial charge in [-0.15, -0.1) is 0 Å². The maximum absolute atomic E-state index is 12.5. The number of carbonyl (C=O) groups excluding carboxylic acids is 2. The van der Waals surface area contributed by atoms with Crippen molar-refractivity contribution in [1.29, 1.82) is 0 Å². The molecule has 22 heavy (non-hydrogen) atoms. The standard InChI is InChI=1S/C14H14BrNO4S2/c1-3-7(2)11(13(18)19)16-12(17)9(22-14(16)21)6-8-4-5-10(15)20-8/h4-7,11H,3H2,1-2H3,(H,18,19)/p-1/b9-6+/t7-,11+/m1/s1. The van der Waals surface area contributed by atoms with Crippen LogP contribution in [0.25, 0.3) is 6.08 Å². The van der Waals surface area contributed by atoms with Crippen LogP contribution in [0.4, 0.5) is 0 Å². The number of carboxylic acids is 1. The minimum atomic E-state index is -1.30. The van der Waals surface area contributed by atoms with Gasteiger partial charge in [0.25, 0.3) is 5.91 Å². The van der Waals surface area contributed by atoms with Gasteiger partial charge in [0.15, 0.2) is 4.67 Å². The number of carbonyl (C=O) groups is 2. The van der Waals surface area contributed by atoms with E-state index in [1.807, 2.05) is 6.92 Å². The number of amides is 1. The molecule has 5 nitrogen and oxygen atoms in total. The summed E-state index contributed by atoms with van der Waals surface area (Å²) < 4.78 is 6.09. The molecule has 0 aromatic carbocycles. The summed E-state index contributed by atoms with van der Waals surface area (Å²) in [6.07, 6.45) is 2.15. The summed E-state index contributed by atoms with van der Waals surface area (Å²) in [7, 11) is 0. The Hall–Kier alpha value is -1.12. The Balaban J connectivity index is 2.32. The van der Waals surface area contributed by atoms with Crippen LogP contribution < -0.4 is 5.11 Å². The molecule has 2 rings (SSSR count). The molecule has 1 aliphatic rings. The van der Waals surface area contributed by atoms with Gasteiger partial charge in [-0.25, -0.2) is 0 Å². The summed E-state index contributed by atoms with van der Waals surface area (Å²) >= 11 is 9.42. The summed E-state index contributed by atoms with van der Waals surface area (Å²) in [6, 6.07) is 2.34. The number of halogens is 1. The van der Waals surface area contributed by atoms with Crippen LogP contribution in [0.15, 0.2) is 26.1 Å². The van der Waals surface area contributed by atoms with Crippen LogP contribution in [-0.4, -0.2) is 27.1 Å². The second-order valence-corrected chi connectivity index (χ2v) is 7.30. The molecule has 0 saturated carbocycles. The Morgan fingerprint density at radius 3 is 2.77 bits per heavy atom. The molecule has 1 amide bonds. The fourth-order valence-corrected chi connectivity index (χ4v) is 3.70. The van der Waals surface area contributed by atoms with Crippen LogP contribution in [0.2, 0.25) is 0 Å². The lowest BCUT2D eigenvalue weighted by Gasteiger charge is -2.32. The van der Waals surface area contributed by atoms with Gasteiger partial charge >= 0.3 is 0 Å². The summed E-state index contributed by atoms with van der Waals surface area (Å²) in [5.74, 6) is -1.50. The predicted octanol–water partition coefficient (Wildman–Crippen LogP) is 2.41. The maximum atomic E-state index is 12.5. The summed E-state index contributed by atoms with van der Waals surface area (Å²) in [5.41, 5.74) is 0. The first kappa shape index (κ1) is 17.2. The van der Waals surface area contributed by atoms with Crippen LogP contribution >= 0.6 is 39.9 Å². The minimum Gasteiger partial charge on any atom is -0.548 e. The first-order valence-corrected chi connectivity index (χ1v) is 8.60. The lowest BCUT2D eigenvalue weighted by Crippen LogP contribution is -2.53. The topological polar surface area (TPSA) is 73.6 Å². The molecule has 1 fully saturated rings. The average molecular weight is 403 g/mol. The van der Waals surface area contributed by atoms with Crippen LogP contribution in [0.3, 0.4) is 0 Å².